The molecule has 1 rings (SSSR count). The molecule has 0 saturated heterocycles. The Balaban J connectivity index is 2.43. The second-order valence-electron chi connectivity index (χ2n) is 3.83. The maximum Gasteiger partial charge on any atom is 0.326 e. The van der Waals surface area contributed by atoms with Crippen molar-refractivity contribution in [1.82, 2.24) is 5.32 Å². The molecule has 0 fully saturated rings. The molecule has 2 N–H and O–H groups in total. The number of hydrogen-bond acceptors (Lipinski definition) is 2. The molecular weight excluding hydrogens is 194 g/mol. The van der Waals surface area contributed by atoms with Crippen LogP contribution in [0.5, 0.6) is 0 Å². The molecule has 0 unspecified atom stereocenters. The standard InChI is InChI=1S/C11H17NO3/c1-2-5-9(11(14)15)12-10(13)8-6-3-4-7-8/h3-4,8-9H,2,5-7H2,1H3,(H,12,13)(H,14,15)/t9-/m1/s1. The highest BCUT2D eigenvalue weighted by Crippen LogP contribution is 2.17. The van der Waals surface area contributed by atoms with Crippen molar-refractivity contribution in [2.24, 2.45) is 5.92 Å². The number of allylic oxidation sites excluding steroid dienone is 2. The summed E-state index contributed by atoms with van der Waals surface area (Å²) in [4.78, 5) is 22.4. The predicted molar refractivity (Wildman–Crippen MR) is 56.3 cm³/mol. The monoisotopic (exact) mass is 211 g/mol. The number of nitrogens with one attached hydrogen (secondary N) is 1. The number of carbonyl (C=O) groups is 2. The van der Waals surface area contributed by atoms with Crippen LogP contribution >= 0.6 is 0 Å². The van der Waals surface area contributed by atoms with E-state index in [2.05, 4.69) is 5.32 Å². The summed E-state index contributed by atoms with van der Waals surface area (Å²) in [5, 5.41) is 11.4. The van der Waals surface area contributed by atoms with Gasteiger partial charge in [0.2, 0.25) is 5.91 Å². The van der Waals surface area contributed by atoms with E-state index >= 15 is 0 Å². The van der Waals surface area contributed by atoms with Crippen LogP contribution in [0, 0.1) is 5.92 Å². The summed E-state index contributed by atoms with van der Waals surface area (Å²) in [5.74, 6) is -1.15. The molecule has 0 aromatic rings. The number of amides is 1. The van der Waals surface area contributed by atoms with Crippen LogP contribution in [-0.4, -0.2) is 23.0 Å². The first-order chi connectivity index (χ1) is 7.15. The van der Waals surface area contributed by atoms with Crippen LogP contribution in [0.1, 0.15) is 32.6 Å². The molecule has 0 heterocycles. The minimum Gasteiger partial charge on any atom is -0.480 e. The summed E-state index contributed by atoms with van der Waals surface area (Å²) in [5.41, 5.74) is 0. The summed E-state index contributed by atoms with van der Waals surface area (Å²) in [6.45, 7) is 1.90. The van der Waals surface area contributed by atoms with Crippen molar-refractivity contribution in [2.75, 3.05) is 0 Å². The summed E-state index contributed by atoms with van der Waals surface area (Å²) < 4.78 is 0. The van der Waals surface area contributed by atoms with Crippen LogP contribution in [-0.2, 0) is 9.59 Å². The molecule has 0 aromatic carbocycles. The van der Waals surface area contributed by atoms with Crippen molar-refractivity contribution < 1.29 is 14.7 Å². The first-order valence-electron chi connectivity index (χ1n) is 5.33. The van der Waals surface area contributed by atoms with Gasteiger partial charge in [0.15, 0.2) is 0 Å². The van der Waals surface area contributed by atoms with Crippen LogP contribution in [0.15, 0.2) is 12.2 Å². The molecular formula is C11H17NO3. The van der Waals surface area contributed by atoms with Crippen LogP contribution in [0.3, 0.4) is 0 Å². The van der Waals surface area contributed by atoms with Gasteiger partial charge in [0.05, 0.1) is 0 Å². The molecule has 0 bridgehead atoms. The lowest BCUT2D eigenvalue weighted by atomic mass is 10.1. The van der Waals surface area contributed by atoms with Crippen LogP contribution in [0.2, 0.25) is 0 Å². The SMILES string of the molecule is CCC[C@@H](NC(=O)C1CC=CC1)C(=O)O. The van der Waals surface area contributed by atoms with Crippen molar-refractivity contribution in [3.8, 4) is 0 Å². The summed E-state index contributed by atoms with van der Waals surface area (Å²) in [7, 11) is 0. The maximum absolute atomic E-state index is 11.6. The smallest absolute Gasteiger partial charge is 0.326 e. The van der Waals surface area contributed by atoms with E-state index in [-0.39, 0.29) is 11.8 Å². The number of hydrogen-bond donors (Lipinski definition) is 2. The minimum atomic E-state index is -0.948. The average Bonchev–Trinajstić information content (AvgIpc) is 2.69. The minimum absolute atomic E-state index is 0.0660. The predicted octanol–water partition coefficient (Wildman–Crippen LogP) is 1.32. The molecule has 84 valence electrons. The number of carboxylic acids is 1. The normalized spacial score (nSPS) is 17.7. The summed E-state index contributed by atoms with van der Waals surface area (Å²) >= 11 is 0. The Bertz CT molecular complexity index is 265. The number of rotatable bonds is 5. The summed E-state index contributed by atoms with van der Waals surface area (Å²) in [6, 6.07) is -0.733. The lowest BCUT2D eigenvalue weighted by Crippen LogP contribution is -2.43. The number of aliphatic carboxylic acids is 1. The van der Waals surface area contributed by atoms with Gasteiger partial charge >= 0.3 is 5.97 Å². The fraction of sp³-hybridized carbons (Fsp3) is 0.636. The Morgan fingerprint density at radius 2 is 2.07 bits per heavy atom. The van der Waals surface area contributed by atoms with Gasteiger partial charge in [0.25, 0.3) is 0 Å². The van der Waals surface area contributed by atoms with Gasteiger partial charge in [-0.05, 0) is 19.3 Å². The molecule has 4 nitrogen and oxygen atoms in total. The highest BCUT2D eigenvalue weighted by Gasteiger charge is 2.24. The maximum atomic E-state index is 11.6. The number of carbonyl (C=O) groups excluding carboxylic acids is 1. The molecule has 1 aliphatic rings. The topological polar surface area (TPSA) is 66.4 Å². The van der Waals surface area contributed by atoms with Crippen LogP contribution in [0.4, 0.5) is 0 Å². The highest BCUT2D eigenvalue weighted by molar-refractivity contribution is 5.85. The fourth-order valence-corrected chi connectivity index (χ4v) is 1.67. The van der Waals surface area contributed by atoms with E-state index in [1.165, 1.54) is 0 Å². The van der Waals surface area contributed by atoms with E-state index in [1.807, 2.05) is 19.1 Å². The van der Waals surface area contributed by atoms with Gasteiger partial charge in [-0.2, -0.15) is 0 Å². The van der Waals surface area contributed by atoms with E-state index in [1.54, 1.807) is 0 Å². The van der Waals surface area contributed by atoms with Crippen molar-refractivity contribution >= 4 is 11.9 Å². The Kier molecular flexibility index (Phi) is 4.34. The van der Waals surface area contributed by atoms with Gasteiger partial charge in [-0.1, -0.05) is 25.5 Å². The highest BCUT2D eigenvalue weighted by atomic mass is 16.4. The lowest BCUT2D eigenvalue weighted by molar-refractivity contribution is -0.142. The van der Waals surface area contributed by atoms with Gasteiger partial charge in [0.1, 0.15) is 6.04 Å². The van der Waals surface area contributed by atoms with Gasteiger partial charge in [-0.25, -0.2) is 4.79 Å². The third-order valence-corrected chi connectivity index (χ3v) is 2.57. The van der Waals surface area contributed by atoms with Gasteiger partial charge < -0.3 is 10.4 Å². The molecule has 0 aliphatic heterocycles. The molecule has 1 aliphatic carbocycles. The Hall–Kier alpha value is -1.32. The van der Waals surface area contributed by atoms with Crippen molar-refractivity contribution in [1.29, 1.82) is 0 Å². The van der Waals surface area contributed by atoms with Crippen molar-refractivity contribution in [3.63, 3.8) is 0 Å². The van der Waals surface area contributed by atoms with E-state index in [0.717, 1.165) is 19.3 Å². The van der Waals surface area contributed by atoms with E-state index in [4.69, 9.17) is 5.11 Å². The zero-order valence-corrected chi connectivity index (χ0v) is 8.90. The first-order valence-corrected chi connectivity index (χ1v) is 5.33. The molecule has 0 aromatic heterocycles. The van der Waals surface area contributed by atoms with E-state index in [0.29, 0.717) is 6.42 Å². The van der Waals surface area contributed by atoms with E-state index < -0.39 is 12.0 Å². The molecule has 0 spiro atoms. The second-order valence-corrected chi connectivity index (χ2v) is 3.83. The summed E-state index contributed by atoms with van der Waals surface area (Å²) in [6.07, 6.45) is 6.61. The average molecular weight is 211 g/mol. The molecule has 0 saturated carbocycles. The fourth-order valence-electron chi connectivity index (χ4n) is 1.67. The quantitative estimate of drug-likeness (QED) is 0.674. The van der Waals surface area contributed by atoms with Gasteiger partial charge in [-0.3, -0.25) is 4.79 Å². The molecule has 15 heavy (non-hydrogen) atoms. The van der Waals surface area contributed by atoms with Crippen molar-refractivity contribution in [3.05, 3.63) is 12.2 Å². The zero-order valence-electron chi connectivity index (χ0n) is 8.90. The molecule has 4 heteroatoms. The number of carboxylic acid groups (broad SMARTS) is 1. The Labute approximate surface area is 89.4 Å². The lowest BCUT2D eigenvalue weighted by Gasteiger charge is -2.16. The molecule has 1 amide bonds. The van der Waals surface area contributed by atoms with Crippen LogP contribution in [0.25, 0.3) is 0 Å². The van der Waals surface area contributed by atoms with E-state index in [9.17, 15) is 9.59 Å². The first kappa shape index (κ1) is 11.8. The van der Waals surface area contributed by atoms with Crippen molar-refractivity contribution in [2.45, 2.75) is 38.6 Å². The third-order valence-electron chi connectivity index (χ3n) is 2.57. The Morgan fingerprint density at radius 1 is 1.47 bits per heavy atom. The molecule has 0 radical (unpaired) electrons. The Morgan fingerprint density at radius 3 is 2.53 bits per heavy atom. The largest absolute Gasteiger partial charge is 0.480 e. The molecule has 1 atom stereocenters. The van der Waals surface area contributed by atoms with Crippen LogP contribution < -0.4 is 5.32 Å². The second kappa shape index (κ2) is 5.53. The van der Waals surface area contributed by atoms with Gasteiger partial charge in [0, 0.05) is 5.92 Å². The zero-order chi connectivity index (χ0) is 11.3. The van der Waals surface area contributed by atoms with Gasteiger partial charge in [-0.15, -0.1) is 0 Å². The third kappa shape index (κ3) is 3.38.